The van der Waals surface area contributed by atoms with Crippen LogP contribution >= 0.6 is 0 Å². The Bertz CT molecular complexity index is 6980. The fraction of sp³-hybridized carbons (Fsp3) is 0.0500. The van der Waals surface area contributed by atoms with Gasteiger partial charge in [-0.05, 0) is 148 Å². The first-order valence-electron chi connectivity index (χ1n) is 45.7. The van der Waals surface area contributed by atoms with Gasteiger partial charge < -0.3 is 39.2 Å². The van der Waals surface area contributed by atoms with Crippen LogP contribution in [0.5, 0.6) is 0 Å². The first kappa shape index (κ1) is 98.3. The molecule has 0 amide bonds. The zero-order chi connectivity index (χ0) is 93.4. The van der Waals surface area contributed by atoms with Crippen LogP contribution in [0.1, 0.15) is 33.4 Å². The number of hydrogen-bond donors (Lipinski definition) is 0. The monoisotopic (exact) mass is 2550 g/mol. The largest absolute Gasteiger partial charge is 0.477 e. The summed E-state index contributed by atoms with van der Waals surface area (Å²) in [6, 6.07) is 144. The van der Waals surface area contributed by atoms with Crippen LogP contribution in [0.3, 0.4) is 0 Å². The van der Waals surface area contributed by atoms with Crippen molar-refractivity contribution in [2.24, 2.45) is 0 Å². The molecule has 0 N–H and O–H groups in total. The molecule has 142 heavy (non-hydrogen) atoms. The molecule has 0 spiro atoms. The molecule has 24 rings (SSSR count). The summed E-state index contributed by atoms with van der Waals surface area (Å²) in [4.78, 5) is 67.3. The second kappa shape index (κ2) is 44.9. The summed E-state index contributed by atoms with van der Waals surface area (Å²) in [5.74, 6) is 6.21. The molecule has 0 unspecified atom stereocenters. The van der Waals surface area contributed by atoms with E-state index in [1.807, 2.05) is 255 Å². The van der Waals surface area contributed by atoms with E-state index in [1.54, 1.807) is 12.4 Å². The fourth-order valence-corrected chi connectivity index (χ4v) is 17.6. The second-order valence-corrected chi connectivity index (χ2v) is 33.4. The Balaban J connectivity index is 0.000000129. The van der Waals surface area contributed by atoms with Crippen molar-refractivity contribution in [3.05, 3.63) is 497 Å². The van der Waals surface area contributed by atoms with Gasteiger partial charge >= 0.3 is 0 Å². The number of anilines is 16. The van der Waals surface area contributed by atoms with Crippen molar-refractivity contribution >= 4 is 92.0 Å². The van der Waals surface area contributed by atoms with E-state index in [9.17, 15) is 0 Å². The Morgan fingerprint density at radius 1 is 0.190 bits per heavy atom. The van der Waals surface area contributed by atoms with Gasteiger partial charge in [0, 0.05) is 172 Å². The molecule has 0 atom stereocenters. The normalized spacial score (nSPS) is 12.3. The zero-order valence-electron chi connectivity index (χ0n) is 78.0. The van der Waals surface area contributed by atoms with E-state index in [1.165, 1.54) is 22.3 Å². The van der Waals surface area contributed by atoms with E-state index in [0.29, 0.717) is 0 Å². The average Bonchev–Trinajstić information content (AvgIpc) is 1.40. The summed E-state index contributed by atoms with van der Waals surface area (Å²) in [6.07, 6.45) is 7.13. The third-order valence-electron chi connectivity index (χ3n) is 24.3. The minimum atomic E-state index is 0. The first-order chi connectivity index (χ1) is 68.0. The van der Waals surface area contributed by atoms with Gasteiger partial charge in [-0.15, -0.1) is 49.4 Å². The number of aryl methyl sites for hydroxylation is 6. The number of pyridine rings is 2. The molecule has 4 aliphatic heterocycles. The van der Waals surface area contributed by atoms with E-state index >= 15 is 0 Å². The number of nitrogens with zero attached hydrogens (tertiary/aromatic N) is 18. The zero-order valence-corrected chi connectivity index (χ0v) is 87.5. The summed E-state index contributed by atoms with van der Waals surface area (Å²) in [5.41, 5.74) is 29.8. The first-order valence-corrected chi connectivity index (χ1v) is 45.7. The van der Waals surface area contributed by atoms with Gasteiger partial charge in [-0.3, -0.25) is 9.97 Å². The summed E-state index contributed by atoms with van der Waals surface area (Å²) in [6.45, 7) is 21.0. The molecule has 704 valence electrons. The van der Waals surface area contributed by atoms with Crippen molar-refractivity contribution in [3.63, 3.8) is 0 Å². The molecule has 4 radical (unpaired) electrons. The van der Waals surface area contributed by atoms with Gasteiger partial charge in [0.05, 0.1) is 34.2 Å². The smallest absolute Gasteiger partial charge is 0.146 e. The van der Waals surface area contributed by atoms with Crippen molar-refractivity contribution in [3.8, 4) is 90.1 Å². The number of benzene rings is 14. The quantitative estimate of drug-likeness (QED) is 0.0842. The Hall–Kier alpha value is -15.3. The molecule has 0 bridgehead atoms. The van der Waals surface area contributed by atoms with Crippen molar-refractivity contribution in [1.29, 1.82) is 0 Å². The summed E-state index contributed by atoms with van der Waals surface area (Å²) < 4.78 is 0. The minimum Gasteiger partial charge on any atom is -0.477 e. The van der Waals surface area contributed by atoms with E-state index in [-0.39, 0.29) is 80.4 Å². The van der Waals surface area contributed by atoms with Crippen LogP contribution in [0, 0.1) is 92.5 Å². The molecular formula is C120H90Ir4N18-8. The van der Waals surface area contributed by atoms with Gasteiger partial charge in [-0.1, -0.05) is 218 Å². The van der Waals surface area contributed by atoms with E-state index in [4.69, 9.17) is 39.9 Å². The van der Waals surface area contributed by atoms with Crippen molar-refractivity contribution in [1.82, 2.24) is 49.8 Å². The summed E-state index contributed by atoms with van der Waals surface area (Å²) in [5, 5.41) is 0. The molecule has 0 saturated carbocycles. The van der Waals surface area contributed by atoms with Gasteiger partial charge in [0.1, 0.15) is 57.9 Å². The molecule has 10 heterocycles. The Kier molecular flexibility index (Phi) is 31.1. The van der Waals surface area contributed by atoms with Crippen molar-refractivity contribution in [2.45, 2.75) is 41.5 Å². The Morgan fingerprint density at radius 2 is 0.408 bits per heavy atom. The number of rotatable bonds is 16. The van der Waals surface area contributed by atoms with Crippen LogP contribution in [-0.4, -0.2) is 49.8 Å². The van der Waals surface area contributed by atoms with Crippen LogP contribution in [0.25, 0.3) is 90.1 Å². The molecular weight excluding hydrogens is 2460 g/mol. The Morgan fingerprint density at radius 3 is 0.662 bits per heavy atom. The molecule has 18 nitrogen and oxygen atoms in total. The van der Waals surface area contributed by atoms with Crippen molar-refractivity contribution < 1.29 is 80.4 Å². The standard InChI is InChI=1S/C33H28N4.C31H24N4.C29H20N4.C27H18N6.4Ir/c1-22-13-11-14-23(2)28(22)30-31(29-24(3)15-12-16-25(29)4)35-33-32(34-30)36(26-17-7-5-8-18-26)21-37(33)27-19-9-6-10-20-27;1-22-13-9-11-19-26(22)28-29(27-20-12-10-14-23(27)2)33-31-30(32-28)34(24-15-5-3-6-16-24)21-35(31)25-17-7-4-8-18-25;1-5-13-22(14-6-1)26-27(23-15-7-2-8-16-23)31-29-28(30-26)32(24-17-9-3-10-18-24)21-33(29)25-19-11-4-12-20-25;1-3-11-22(12-4-1)32-19-33(23-13-5-2-6-14-23)27-26(32)30-24(20-9-7-15-28-17-20)25(31-27)21-10-8-16-29-18-21;;;;/h5-19,21H,1-4H3;3-17,19-21H,1-2H3;1-19,21H;1-13,15-19H;;;;/q4*-2;;;;. The molecule has 22 heteroatoms. The van der Waals surface area contributed by atoms with Crippen LogP contribution in [0.2, 0.25) is 0 Å². The Labute approximate surface area is 882 Å². The van der Waals surface area contributed by atoms with Crippen LogP contribution in [0.4, 0.5) is 92.0 Å². The van der Waals surface area contributed by atoms with Gasteiger partial charge in [0.2, 0.25) is 0 Å². The molecule has 0 saturated heterocycles. The molecule has 14 aromatic carbocycles. The molecule has 20 aromatic rings. The van der Waals surface area contributed by atoms with Gasteiger partial charge in [-0.25, -0.2) is 39.9 Å². The topological polar surface area (TPSA) is 155 Å². The fourth-order valence-electron chi connectivity index (χ4n) is 17.6. The van der Waals surface area contributed by atoms with Crippen molar-refractivity contribution in [2.75, 3.05) is 39.2 Å². The SMILES string of the molecule is Cc1cccc(C)c1-c1nc2c(nc1-c1c(C)cccc1C)N(c1ccccc1)[CH-]N2c1[c-]cccc1.Cc1ccccc1-c1nc2c(nc1-c1ccccc1C)N(c1ccccc1)[CH-]N2c1[c-]cccc1.[Ir].[Ir].[Ir].[Ir].[c-]1ccccc1N1[CH-]N(c2ccccc2)c2nc(-c3ccccc3)c(-c3ccccc3)nc21.[c-]1ccccc1N1[CH-]N(c2ccccc2)c2nc(-c3cccnc3)c(-c3cccnc3)nc21. The number of hydrogen-bond acceptors (Lipinski definition) is 18. The van der Waals surface area contributed by atoms with Crippen LogP contribution < -0.4 is 39.2 Å². The predicted molar refractivity (Wildman–Crippen MR) is 557 cm³/mol. The van der Waals surface area contributed by atoms with Gasteiger partial charge in [-0.2, -0.15) is 121 Å². The van der Waals surface area contributed by atoms with Crippen LogP contribution in [-0.2, 0) is 80.4 Å². The maximum Gasteiger partial charge on any atom is 0.146 e. The van der Waals surface area contributed by atoms with E-state index in [2.05, 4.69) is 287 Å². The molecule has 4 aliphatic rings. The second-order valence-electron chi connectivity index (χ2n) is 33.4. The number of para-hydroxylation sites is 8. The molecule has 0 aliphatic carbocycles. The third-order valence-corrected chi connectivity index (χ3v) is 24.3. The number of fused-ring (bicyclic) bond motifs is 4. The maximum atomic E-state index is 5.41. The summed E-state index contributed by atoms with van der Waals surface area (Å²) >= 11 is 0. The van der Waals surface area contributed by atoms with E-state index in [0.717, 1.165) is 193 Å². The average molecular weight is 2550 g/mol. The third kappa shape index (κ3) is 20.3. The van der Waals surface area contributed by atoms with Crippen LogP contribution in [0.15, 0.2) is 413 Å². The maximum absolute atomic E-state index is 5.41. The minimum absolute atomic E-state index is 0. The molecule has 6 aromatic heterocycles. The van der Waals surface area contributed by atoms with Gasteiger partial charge in [0.15, 0.2) is 0 Å². The number of aromatic nitrogens is 10. The predicted octanol–water partition coefficient (Wildman–Crippen LogP) is 28.7. The van der Waals surface area contributed by atoms with Gasteiger partial charge in [0.25, 0.3) is 0 Å². The summed E-state index contributed by atoms with van der Waals surface area (Å²) in [7, 11) is 0. The molecule has 0 fully saturated rings. The van der Waals surface area contributed by atoms with E-state index < -0.39 is 0 Å².